The fraction of sp³-hybridized carbons (Fsp3) is 0.500. The van der Waals surface area contributed by atoms with Crippen molar-refractivity contribution in [3.63, 3.8) is 0 Å². The summed E-state index contributed by atoms with van der Waals surface area (Å²) in [6.07, 6.45) is 3.57. The summed E-state index contributed by atoms with van der Waals surface area (Å²) in [7, 11) is 3.20. The first-order chi connectivity index (χ1) is 10.7. The van der Waals surface area contributed by atoms with Crippen LogP contribution < -0.4 is 10.2 Å². The fourth-order valence-electron chi connectivity index (χ4n) is 1.71. The minimum absolute atomic E-state index is 0.542. The van der Waals surface area contributed by atoms with Gasteiger partial charge in [0.2, 0.25) is 5.88 Å². The molecule has 0 amide bonds. The number of hydrogen-bond acceptors (Lipinski definition) is 5. The van der Waals surface area contributed by atoms with Crippen LogP contribution in [0.15, 0.2) is 30.6 Å². The van der Waals surface area contributed by atoms with E-state index in [0.29, 0.717) is 12.4 Å². The van der Waals surface area contributed by atoms with Crippen molar-refractivity contribution in [1.29, 1.82) is 0 Å². The van der Waals surface area contributed by atoms with E-state index >= 15 is 0 Å². The maximum absolute atomic E-state index is 10.1. The molecule has 23 heavy (non-hydrogen) atoms. The highest BCUT2D eigenvalue weighted by Crippen LogP contribution is 2.24. The molecule has 0 bridgehead atoms. The molecule has 2 aromatic rings. The van der Waals surface area contributed by atoms with Crippen LogP contribution in [0, 0.1) is 0 Å². The Balaban J connectivity index is 1.98. The van der Waals surface area contributed by atoms with Crippen LogP contribution >= 0.6 is 0 Å². The van der Waals surface area contributed by atoms with E-state index in [4.69, 9.17) is 9.39 Å². The predicted octanol–water partition coefficient (Wildman–Crippen LogP) is 1.15. The van der Waals surface area contributed by atoms with Gasteiger partial charge in [0.15, 0.2) is 0 Å². The fourth-order valence-corrected chi connectivity index (χ4v) is 1.71. The van der Waals surface area contributed by atoms with Gasteiger partial charge in [0.25, 0.3) is 0 Å². The lowest BCUT2D eigenvalue weighted by atomic mass is 9.84. The molecule has 2 heterocycles. The molecule has 2 aromatic heterocycles. The highest BCUT2D eigenvalue weighted by Gasteiger charge is 2.35. The molecule has 123 valence electrons. The van der Waals surface area contributed by atoms with Gasteiger partial charge in [0.05, 0.1) is 30.6 Å². The first kappa shape index (κ1) is 17.5. The number of methoxy groups -OCH3 is 1. The predicted molar refractivity (Wildman–Crippen MR) is 89.0 cm³/mol. The van der Waals surface area contributed by atoms with Gasteiger partial charge in [0.1, 0.15) is 0 Å². The first-order valence-electron chi connectivity index (χ1n) is 7.47. The van der Waals surface area contributed by atoms with Gasteiger partial charge in [-0.15, -0.1) is 0 Å². The van der Waals surface area contributed by atoms with Gasteiger partial charge in [-0.05, 0) is 39.2 Å². The number of aromatic nitrogens is 3. The maximum atomic E-state index is 10.1. The number of rotatable bonds is 7. The normalized spacial score (nSPS) is 12.3. The summed E-state index contributed by atoms with van der Waals surface area (Å²) in [6.45, 7) is 7.67. The van der Waals surface area contributed by atoms with Crippen molar-refractivity contribution in [2.75, 3.05) is 7.11 Å². The van der Waals surface area contributed by atoms with E-state index in [1.807, 2.05) is 32.2 Å². The summed E-state index contributed by atoms with van der Waals surface area (Å²) < 4.78 is 12.6. The summed E-state index contributed by atoms with van der Waals surface area (Å²) >= 11 is 0. The molecule has 2 rings (SSSR count). The van der Waals surface area contributed by atoms with Crippen molar-refractivity contribution >= 4 is 12.9 Å². The lowest BCUT2D eigenvalue weighted by molar-refractivity contribution is -0.0893. The monoisotopic (exact) mass is 316 g/mol. The van der Waals surface area contributed by atoms with Crippen LogP contribution in [0.3, 0.4) is 0 Å². The van der Waals surface area contributed by atoms with Crippen LogP contribution in [0.4, 0.5) is 0 Å². The van der Waals surface area contributed by atoms with Crippen LogP contribution in [0.25, 0.3) is 0 Å². The van der Waals surface area contributed by atoms with Crippen molar-refractivity contribution in [3.8, 4) is 5.88 Å². The van der Waals surface area contributed by atoms with E-state index in [2.05, 4.69) is 10.1 Å². The number of aliphatic hydroxyl groups is 1. The van der Waals surface area contributed by atoms with Gasteiger partial charge < -0.3 is 14.5 Å². The standard InChI is InChI=1S/C16H23BN3O3/c1-15(2,21)16(3,4)23-17-12-9-18-20(10-12)11-13-7-6-8-14(19-13)22-5/h6-10,21H,11H2,1-5H3. The highest BCUT2D eigenvalue weighted by atomic mass is 16.5. The largest absolute Gasteiger partial charge is 0.481 e. The zero-order chi connectivity index (χ0) is 17.1. The van der Waals surface area contributed by atoms with E-state index in [1.54, 1.807) is 45.4 Å². The lowest BCUT2D eigenvalue weighted by Crippen LogP contribution is -2.49. The maximum Gasteiger partial charge on any atom is 0.334 e. The molecule has 1 radical (unpaired) electrons. The molecule has 0 aliphatic carbocycles. The van der Waals surface area contributed by atoms with Crippen LogP contribution in [0.2, 0.25) is 0 Å². The second-order valence-corrected chi connectivity index (χ2v) is 6.45. The Hall–Kier alpha value is -1.86. The Bertz CT molecular complexity index is 650. The average Bonchev–Trinajstić information content (AvgIpc) is 2.92. The minimum atomic E-state index is -0.954. The first-order valence-corrected chi connectivity index (χ1v) is 7.47. The Morgan fingerprint density at radius 2 is 2.00 bits per heavy atom. The SMILES string of the molecule is COc1cccc(Cn2cc([B]OC(C)(C)C(C)(C)O)cn2)n1. The van der Waals surface area contributed by atoms with E-state index in [1.165, 1.54) is 0 Å². The number of hydrogen-bond donors (Lipinski definition) is 1. The molecule has 7 heteroatoms. The van der Waals surface area contributed by atoms with E-state index in [9.17, 15) is 5.11 Å². The Kier molecular flexibility index (Phi) is 5.11. The summed E-state index contributed by atoms with van der Waals surface area (Å²) in [4.78, 5) is 4.36. The lowest BCUT2D eigenvalue weighted by Gasteiger charge is -2.37. The van der Waals surface area contributed by atoms with Crippen molar-refractivity contribution in [2.45, 2.75) is 45.4 Å². The highest BCUT2D eigenvalue weighted by molar-refractivity contribution is 6.46. The third-order valence-corrected chi connectivity index (χ3v) is 3.93. The third kappa shape index (κ3) is 4.56. The van der Waals surface area contributed by atoms with Crippen molar-refractivity contribution in [2.24, 2.45) is 0 Å². The summed E-state index contributed by atoms with van der Waals surface area (Å²) in [6, 6.07) is 5.62. The molecule has 0 spiro atoms. The van der Waals surface area contributed by atoms with Gasteiger partial charge in [0, 0.05) is 18.5 Å². The van der Waals surface area contributed by atoms with Crippen LogP contribution in [-0.2, 0) is 11.2 Å². The molecule has 0 aromatic carbocycles. The summed E-state index contributed by atoms with van der Waals surface area (Å²) in [5.41, 5.74) is 0.0231. The molecule has 6 nitrogen and oxygen atoms in total. The van der Waals surface area contributed by atoms with Crippen LogP contribution in [0.1, 0.15) is 33.4 Å². The average molecular weight is 316 g/mol. The smallest absolute Gasteiger partial charge is 0.334 e. The van der Waals surface area contributed by atoms with Crippen molar-refractivity contribution < 1.29 is 14.5 Å². The molecule has 0 atom stereocenters. The number of pyridine rings is 1. The Labute approximate surface area is 137 Å². The Morgan fingerprint density at radius 1 is 1.26 bits per heavy atom. The molecule has 0 saturated heterocycles. The molecular weight excluding hydrogens is 293 g/mol. The van der Waals surface area contributed by atoms with Crippen molar-refractivity contribution in [3.05, 3.63) is 36.3 Å². The minimum Gasteiger partial charge on any atom is -0.481 e. The number of ether oxygens (including phenoxy) is 1. The van der Waals surface area contributed by atoms with Gasteiger partial charge in [-0.25, -0.2) is 4.98 Å². The molecule has 0 fully saturated rings. The third-order valence-electron chi connectivity index (χ3n) is 3.93. The molecular formula is C16H23BN3O3. The van der Waals surface area contributed by atoms with Gasteiger partial charge in [-0.1, -0.05) is 6.07 Å². The molecule has 0 saturated carbocycles. The molecule has 0 aliphatic rings. The zero-order valence-electron chi connectivity index (χ0n) is 14.3. The Morgan fingerprint density at radius 3 is 2.65 bits per heavy atom. The quantitative estimate of drug-likeness (QED) is 0.776. The van der Waals surface area contributed by atoms with E-state index in [-0.39, 0.29) is 0 Å². The van der Waals surface area contributed by atoms with E-state index in [0.717, 1.165) is 11.2 Å². The van der Waals surface area contributed by atoms with Crippen molar-refractivity contribution in [1.82, 2.24) is 14.8 Å². The zero-order valence-corrected chi connectivity index (χ0v) is 14.3. The van der Waals surface area contributed by atoms with E-state index < -0.39 is 11.2 Å². The molecule has 0 aliphatic heterocycles. The van der Waals surface area contributed by atoms with Gasteiger partial charge in [-0.3, -0.25) is 4.68 Å². The summed E-state index contributed by atoms with van der Waals surface area (Å²) in [5.74, 6) is 0.580. The number of nitrogens with zero attached hydrogens (tertiary/aromatic N) is 3. The second kappa shape index (κ2) is 6.72. The topological polar surface area (TPSA) is 69.4 Å². The molecule has 1 N–H and O–H groups in total. The molecule has 0 unspecified atom stereocenters. The second-order valence-electron chi connectivity index (χ2n) is 6.45. The van der Waals surface area contributed by atoms with Gasteiger partial charge in [-0.2, -0.15) is 5.10 Å². The summed E-state index contributed by atoms with van der Waals surface area (Å²) in [5, 5.41) is 14.4. The van der Waals surface area contributed by atoms with Gasteiger partial charge >= 0.3 is 7.48 Å². The van der Waals surface area contributed by atoms with Crippen LogP contribution in [0.5, 0.6) is 5.88 Å². The van der Waals surface area contributed by atoms with Crippen LogP contribution in [-0.4, -0.2) is 45.7 Å².